The van der Waals surface area contributed by atoms with Gasteiger partial charge in [-0.3, -0.25) is 24.1 Å². The predicted molar refractivity (Wildman–Crippen MR) is 132 cm³/mol. The normalized spacial score (nSPS) is 15.6. The summed E-state index contributed by atoms with van der Waals surface area (Å²) in [6, 6.07) is 15.6. The molecule has 0 bridgehead atoms. The van der Waals surface area contributed by atoms with Crippen LogP contribution in [0.15, 0.2) is 65.6 Å². The van der Waals surface area contributed by atoms with Gasteiger partial charge in [0.25, 0.3) is 11.1 Å². The number of rotatable bonds is 9. The molecule has 0 saturated carbocycles. The monoisotopic (exact) mass is 479 g/mol. The van der Waals surface area contributed by atoms with E-state index in [1.54, 1.807) is 50.5 Å². The van der Waals surface area contributed by atoms with Gasteiger partial charge in [-0.15, -0.1) is 0 Å². The fraction of sp³-hybridized carbons (Fsp3) is 0.200. The number of ether oxygens (including phenoxy) is 1. The second-order valence-corrected chi connectivity index (χ2v) is 8.37. The van der Waals surface area contributed by atoms with Crippen LogP contribution < -0.4 is 15.4 Å². The first-order valence-electron chi connectivity index (χ1n) is 10.6. The highest BCUT2D eigenvalue weighted by atomic mass is 32.2. The Kier molecular flexibility index (Phi) is 8.64. The summed E-state index contributed by atoms with van der Waals surface area (Å²) in [4.78, 5) is 50.6. The molecule has 1 atom stereocenters. The second-order valence-electron chi connectivity index (χ2n) is 7.37. The molecular formula is C25H25N3O5S. The van der Waals surface area contributed by atoms with Crippen molar-refractivity contribution >= 4 is 46.9 Å². The lowest BCUT2D eigenvalue weighted by Gasteiger charge is -2.16. The molecule has 176 valence electrons. The van der Waals surface area contributed by atoms with Gasteiger partial charge in [-0.1, -0.05) is 42.5 Å². The van der Waals surface area contributed by atoms with Gasteiger partial charge in [0.15, 0.2) is 0 Å². The molecule has 1 heterocycles. The lowest BCUT2D eigenvalue weighted by atomic mass is 10.2. The van der Waals surface area contributed by atoms with E-state index >= 15 is 0 Å². The number of methoxy groups -OCH3 is 1. The molecule has 0 aromatic heterocycles. The van der Waals surface area contributed by atoms with E-state index < -0.39 is 23.8 Å². The van der Waals surface area contributed by atoms with Crippen molar-refractivity contribution in [3.05, 3.63) is 76.7 Å². The van der Waals surface area contributed by atoms with Crippen molar-refractivity contribution in [1.82, 2.24) is 15.5 Å². The van der Waals surface area contributed by atoms with Crippen LogP contribution in [0, 0.1) is 0 Å². The van der Waals surface area contributed by atoms with Crippen LogP contribution in [0.5, 0.6) is 5.75 Å². The number of hydrogen-bond donors (Lipinski definition) is 2. The number of carbonyl (C=O) groups is 4. The number of nitrogens with zero attached hydrogens (tertiary/aromatic N) is 1. The average molecular weight is 480 g/mol. The average Bonchev–Trinajstić information content (AvgIpc) is 3.10. The Balaban J connectivity index is 1.44. The van der Waals surface area contributed by atoms with Crippen LogP contribution in [-0.2, 0) is 14.4 Å². The first-order valence-corrected chi connectivity index (χ1v) is 11.4. The van der Waals surface area contributed by atoms with Gasteiger partial charge in [0, 0.05) is 19.2 Å². The zero-order chi connectivity index (χ0) is 24.5. The number of thioether (sulfide) groups is 1. The van der Waals surface area contributed by atoms with Crippen LogP contribution in [0.25, 0.3) is 12.2 Å². The van der Waals surface area contributed by atoms with E-state index in [9.17, 15) is 19.2 Å². The number of benzene rings is 2. The van der Waals surface area contributed by atoms with Crippen molar-refractivity contribution in [3.63, 3.8) is 0 Å². The molecule has 1 aliphatic rings. The predicted octanol–water partition coefficient (Wildman–Crippen LogP) is 3.07. The summed E-state index contributed by atoms with van der Waals surface area (Å²) in [5.41, 5.74) is 1.64. The topological polar surface area (TPSA) is 105 Å². The lowest BCUT2D eigenvalue weighted by molar-refractivity contribution is -0.127. The largest absolute Gasteiger partial charge is 0.497 e. The minimum Gasteiger partial charge on any atom is -0.497 e. The maximum absolute atomic E-state index is 12.5. The molecule has 3 rings (SSSR count). The van der Waals surface area contributed by atoms with Crippen LogP contribution >= 0.6 is 11.8 Å². The molecule has 34 heavy (non-hydrogen) atoms. The zero-order valence-corrected chi connectivity index (χ0v) is 19.6. The van der Waals surface area contributed by atoms with Crippen molar-refractivity contribution in [2.45, 2.75) is 13.0 Å². The number of imide groups is 1. The molecule has 1 saturated heterocycles. The number of hydrogen-bond acceptors (Lipinski definition) is 6. The lowest BCUT2D eigenvalue weighted by Crippen LogP contribution is -2.46. The quantitative estimate of drug-likeness (QED) is 0.536. The van der Waals surface area contributed by atoms with E-state index in [1.165, 1.54) is 6.08 Å². The highest BCUT2D eigenvalue weighted by Crippen LogP contribution is 2.31. The van der Waals surface area contributed by atoms with E-state index in [4.69, 9.17) is 4.74 Å². The van der Waals surface area contributed by atoms with E-state index in [0.29, 0.717) is 10.7 Å². The van der Waals surface area contributed by atoms with E-state index in [1.807, 2.05) is 30.3 Å². The molecule has 2 aromatic carbocycles. The van der Waals surface area contributed by atoms with Gasteiger partial charge in [0.05, 0.1) is 12.0 Å². The Bertz CT molecular complexity index is 1110. The first-order chi connectivity index (χ1) is 16.4. The van der Waals surface area contributed by atoms with Crippen molar-refractivity contribution in [3.8, 4) is 5.75 Å². The van der Waals surface area contributed by atoms with Gasteiger partial charge in [0.1, 0.15) is 11.8 Å². The van der Waals surface area contributed by atoms with Crippen LogP contribution in [0.4, 0.5) is 4.79 Å². The minimum atomic E-state index is -0.791. The third-order valence-corrected chi connectivity index (χ3v) is 5.81. The van der Waals surface area contributed by atoms with Crippen LogP contribution in [-0.4, -0.2) is 54.1 Å². The van der Waals surface area contributed by atoms with Crippen molar-refractivity contribution in [1.29, 1.82) is 0 Å². The highest BCUT2D eigenvalue weighted by molar-refractivity contribution is 8.18. The van der Waals surface area contributed by atoms with E-state index in [2.05, 4.69) is 10.6 Å². The van der Waals surface area contributed by atoms with Crippen LogP contribution in [0.1, 0.15) is 18.1 Å². The summed E-state index contributed by atoms with van der Waals surface area (Å²) in [6.45, 7) is 1.68. The van der Waals surface area contributed by atoms with Crippen LogP contribution in [0.2, 0.25) is 0 Å². The van der Waals surface area contributed by atoms with Gasteiger partial charge < -0.3 is 15.4 Å². The molecule has 0 unspecified atom stereocenters. The van der Waals surface area contributed by atoms with Gasteiger partial charge in [0.2, 0.25) is 11.8 Å². The number of nitrogens with one attached hydrogen (secondary N) is 2. The molecule has 1 aliphatic heterocycles. The SMILES string of the molecule is COc1ccc(/C=C/C(=O)N[C@@H](C)C(=O)NCCN2C(=O)S/C(=C\c3ccccc3)C2=O)cc1. The molecule has 2 N–H and O–H groups in total. The molecular weight excluding hydrogens is 454 g/mol. The fourth-order valence-corrected chi connectivity index (χ4v) is 3.92. The van der Waals surface area contributed by atoms with Crippen LogP contribution in [0.3, 0.4) is 0 Å². The molecule has 0 radical (unpaired) electrons. The van der Waals surface area contributed by atoms with Crippen molar-refractivity contribution < 1.29 is 23.9 Å². The molecule has 4 amide bonds. The Labute approximate surface area is 202 Å². The Morgan fingerprint density at radius 1 is 1.06 bits per heavy atom. The summed E-state index contributed by atoms with van der Waals surface area (Å²) >= 11 is 0.870. The minimum absolute atomic E-state index is 0.0422. The highest BCUT2D eigenvalue weighted by Gasteiger charge is 2.34. The molecule has 2 aromatic rings. The van der Waals surface area contributed by atoms with Gasteiger partial charge in [-0.25, -0.2) is 0 Å². The third-order valence-electron chi connectivity index (χ3n) is 4.90. The summed E-state index contributed by atoms with van der Waals surface area (Å²) in [6.07, 6.45) is 4.63. The molecule has 1 fully saturated rings. The van der Waals surface area contributed by atoms with Crippen molar-refractivity contribution in [2.75, 3.05) is 20.2 Å². The summed E-state index contributed by atoms with van der Waals surface area (Å²) in [5, 5.41) is 4.84. The smallest absolute Gasteiger partial charge is 0.293 e. The Hall–Kier alpha value is -3.85. The van der Waals surface area contributed by atoms with Gasteiger partial charge in [-0.05, 0) is 54.1 Å². The molecule has 9 heteroatoms. The summed E-state index contributed by atoms with van der Waals surface area (Å²) in [7, 11) is 1.57. The standard InChI is InChI=1S/C25H25N3O5S/c1-17(27-22(29)13-10-18-8-11-20(33-2)12-9-18)23(30)26-14-15-28-24(31)21(34-25(28)32)16-19-6-4-3-5-7-19/h3-13,16-17H,14-15H2,1-2H3,(H,26,30)(H,27,29)/b13-10+,21-16-/t17-/m0/s1. The molecule has 0 spiro atoms. The Morgan fingerprint density at radius 2 is 1.76 bits per heavy atom. The van der Waals surface area contributed by atoms with Gasteiger partial charge in [-0.2, -0.15) is 0 Å². The maximum Gasteiger partial charge on any atom is 0.293 e. The summed E-state index contributed by atoms with van der Waals surface area (Å²) < 4.78 is 5.09. The zero-order valence-electron chi connectivity index (χ0n) is 18.8. The summed E-state index contributed by atoms with van der Waals surface area (Å²) in [5.74, 6) is -0.516. The number of amides is 4. The third kappa shape index (κ3) is 6.82. The number of carbonyl (C=O) groups excluding carboxylic acids is 4. The van der Waals surface area contributed by atoms with Gasteiger partial charge >= 0.3 is 0 Å². The maximum atomic E-state index is 12.5. The molecule has 8 nitrogen and oxygen atoms in total. The second kappa shape index (κ2) is 11.9. The molecule has 0 aliphatic carbocycles. The first kappa shape index (κ1) is 24.8. The van der Waals surface area contributed by atoms with E-state index in [-0.39, 0.29) is 18.3 Å². The Morgan fingerprint density at radius 3 is 2.44 bits per heavy atom. The fourth-order valence-electron chi connectivity index (χ4n) is 3.05. The van der Waals surface area contributed by atoms with Crippen molar-refractivity contribution in [2.24, 2.45) is 0 Å². The van der Waals surface area contributed by atoms with E-state index in [0.717, 1.165) is 27.8 Å².